The number of hydrogen-bond donors (Lipinski definition) is 1. The molecule has 0 radical (unpaired) electrons. The topological polar surface area (TPSA) is 71.4 Å². The maximum Gasteiger partial charge on any atom is 0.185 e. The number of Topliss-reactive ketones (excluding diaryl/α,β-unsaturated/α-hetero) is 2. The van der Waals surface area contributed by atoms with Crippen LogP contribution in [0.1, 0.15) is 78.6 Å². The van der Waals surface area contributed by atoms with E-state index in [0.717, 1.165) is 44.9 Å². The standard InChI is InChI=1S/C24H36O4S/c1-14(25)29-11-9-20(27)19-7-6-18-17-5-4-15-12-16(26)8-10-23(15,2)22(17)21(28)13-24(18,19)3/h15-19,22,26H,4-13H2,1-3H3/t15-,16+,17-,18-,19+,22+,23-,24-/m0/s1. The van der Waals surface area contributed by atoms with Crippen molar-refractivity contribution in [1.29, 1.82) is 0 Å². The van der Waals surface area contributed by atoms with Crippen LogP contribution in [0.3, 0.4) is 0 Å². The molecule has 4 aliphatic carbocycles. The van der Waals surface area contributed by atoms with Crippen molar-refractivity contribution >= 4 is 28.4 Å². The van der Waals surface area contributed by atoms with Gasteiger partial charge in [-0.2, -0.15) is 0 Å². The SMILES string of the molecule is CC(=O)SCCC(=O)[C@H]1CC[C@H]2[C@@H]3CC[C@H]4C[C@H](O)CC[C@]4(C)[C@H]3C(=O)C[C@]12C. The molecule has 4 rings (SSSR count). The minimum Gasteiger partial charge on any atom is -0.393 e. The molecular weight excluding hydrogens is 384 g/mol. The molecule has 4 saturated carbocycles. The van der Waals surface area contributed by atoms with Gasteiger partial charge in [-0.3, -0.25) is 14.4 Å². The third kappa shape index (κ3) is 3.54. The van der Waals surface area contributed by atoms with Crippen molar-refractivity contribution in [2.45, 2.75) is 84.7 Å². The minimum atomic E-state index is -0.201. The normalized spacial score (nSPS) is 46.6. The number of thioether (sulfide) groups is 1. The van der Waals surface area contributed by atoms with E-state index in [2.05, 4.69) is 13.8 Å². The predicted molar refractivity (Wildman–Crippen MR) is 114 cm³/mol. The second kappa shape index (κ2) is 7.78. The Kier molecular flexibility index (Phi) is 5.78. The fourth-order valence-corrected chi connectivity index (χ4v) is 8.64. The van der Waals surface area contributed by atoms with E-state index >= 15 is 0 Å². The lowest BCUT2D eigenvalue weighted by Gasteiger charge is -2.59. The van der Waals surface area contributed by atoms with Crippen molar-refractivity contribution in [2.24, 2.45) is 40.4 Å². The zero-order valence-corrected chi connectivity index (χ0v) is 18.9. The van der Waals surface area contributed by atoms with Crippen molar-refractivity contribution < 1.29 is 19.5 Å². The molecule has 8 atom stereocenters. The second-order valence-electron chi connectivity index (χ2n) is 10.8. The molecule has 0 unspecified atom stereocenters. The Balaban J connectivity index is 1.53. The number of rotatable bonds is 4. The summed E-state index contributed by atoms with van der Waals surface area (Å²) in [7, 11) is 0. The number of ketones is 2. The van der Waals surface area contributed by atoms with Gasteiger partial charge >= 0.3 is 0 Å². The van der Waals surface area contributed by atoms with E-state index in [0.29, 0.717) is 42.1 Å². The zero-order chi connectivity index (χ0) is 21.0. The number of aliphatic hydroxyl groups excluding tert-OH is 1. The quantitative estimate of drug-likeness (QED) is 0.729. The van der Waals surface area contributed by atoms with E-state index in [-0.39, 0.29) is 39.7 Å². The first-order valence-electron chi connectivity index (χ1n) is 11.5. The summed E-state index contributed by atoms with van der Waals surface area (Å²) in [6, 6.07) is 0. The molecule has 0 aliphatic heterocycles. The number of fused-ring (bicyclic) bond motifs is 5. The van der Waals surface area contributed by atoms with Gasteiger partial charge in [0.15, 0.2) is 5.12 Å². The molecule has 29 heavy (non-hydrogen) atoms. The minimum absolute atomic E-state index is 0.0244. The largest absolute Gasteiger partial charge is 0.393 e. The third-order valence-corrected chi connectivity index (χ3v) is 10.2. The lowest BCUT2D eigenvalue weighted by atomic mass is 9.44. The molecule has 0 heterocycles. The van der Waals surface area contributed by atoms with Crippen LogP contribution in [0.2, 0.25) is 0 Å². The second-order valence-corrected chi connectivity index (χ2v) is 12.1. The molecule has 0 bridgehead atoms. The number of hydrogen-bond acceptors (Lipinski definition) is 5. The molecule has 0 aromatic carbocycles. The summed E-state index contributed by atoms with van der Waals surface area (Å²) in [5.41, 5.74) is -0.172. The Labute approximate surface area is 179 Å². The van der Waals surface area contributed by atoms with Crippen molar-refractivity contribution in [3.63, 3.8) is 0 Å². The van der Waals surface area contributed by atoms with E-state index in [1.807, 2.05) is 0 Å². The molecule has 0 amide bonds. The van der Waals surface area contributed by atoms with Gasteiger partial charge in [-0.05, 0) is 73.5 Å². The van der Waals surface area contributed by atoms with Crippen LogP contribution in [0, 0.1) is 40.4 Å². The molecule has 0 spiro atoms. The first-order valence-corrected chi connectivity index (χ1v) is 12.5. The predicted octanol–water partition coefficient (Wildman–Crippen LogP) is 4.42. The lowest BCUT2D eigenvalue weighted by molar-refractivity contribution is -0.162. The summed E-state index contributed by atoms with van der Waals surface area (Å²) in [6.45, 7) is 6.07. The van der Waals surface area contributed by atoms with Gasteiger partial charge in [0.1, 0.15) is 11.6 Å². The summed E-state index contributed by atoms with van der Waals surface area (Å²) >= 11 is 1.23. The van der Waals surface area contributed by atoms with Crippen molar-refractivity contribution in [2.75, 3.05) is 5.75 Å². The van der Waals surface area contributed by atoms with Gasteiger partial charge in [0.25, 0.3) is 0 Å². The van der Waals surface area contributed by atoms with Gasteiger partial charge in [-0.15, -0.1) is 0 Å². The van der Waals surface area contributed by atoms with Crippen LogP contribution in [-0.2, 0) is 14.4 Å². The fraction of sp³-hybridized carbons (Fsp3) is 0.875. The van der Waals surface area contributed by atoms with Crippen molar-refractivity contribution in [1.82, 2.24) is 0 Å². The Bertz CT molecular complexity index is 705. The summed E-state index contributed by atoms with van der Waals surface area (Å²) in [6.07, 6.45) is 7.56. The maximum atomic E-state index is 13.6. The highest BCUT2D eigenvalue weighted by Gasteiger charge is 2.63. The van der Waals surface area contributed by atoms with Crippen LogP contribution in [0.5, 0.6) is 0 Å². The lowest BCUT2D eigenvalue weighted by Crippen LogP contribution is -2.58. The number of aliphatic hydroxyl groups is 1. The van der Waals surface area contributed by atoms with Gasteiger partial charge in [-0.25, -0.2) is 0 Å². The number of carbonyl (C=O) groups excluding carboxylic acids is 3. The van der Waals surface area contributed by atoms with Gasteiger partial charge in [-0.1, -0.05) is 25.6 Å². The van der Waals surface area contributed by atoms with Gasteiger partial charge < -0.3 is 5.11 Å². The zero-order valence-electron chi connectivity index (χ0n) is 18.1. The van der Waals surface area contributed by atoms with E-state index < -0.39 is 0 Å². The molecule has 4 fully saturated rings. The van der Waals surface area contributed by atoms with Crippen LogP contribution < -0.4 is 0 Å². The Morgan fingerprint density at radius 3 is 2.59 bits per heavy atom. The molecule has 5 heteroatoms. The van der Waals surface area contributed by atoms with Gasteiger partial charge in [0, 0.05) is 37.4 Å². The average molecular weight is 421 g/mol. The maximum absolute atomic E-state index is 13.6. The fourth-order valence-electron chi connectivity index (χ4n) is 8.05. The van der Waals surface area contributed by atoms with Gasteiger partial charge in [0.05, 0.1) is 6.10 Å². The van der Waals surface area contributed by atoms with E-state index in [4.69, 9.17) is 0 Å². The monoisotopic (exact) mass is 420 g/mol. The Morgan fingerprint density at radius 2 is 1.86 bits per heavy atom. The molecule has 4 aliphatic rings. The summed E-state index contributed by atoms with van der Waals surface area (Å²) in [5, 5.41) is 10.2. The highest BCUT2D eigenvalue weighted by molar-refractivity contribution is 8.13. The van der Waals surface area contributed by atoms with Crippen LogP contribution in [-0.4, -0.2) is 33.6 Å². The van der Waals surface area contributed by atoms with Crippen LogP contribution in [0.15, 0.2) is 0 Å². The van der Waals surface area contributed by atoms with Crippen LogP contribution in [0.25, 0.3) is 0 Å². The van der Waals surface area contributed by atoms with E-state index in [1.165, 1.54) is 11.8 Å². The molecule has 4 nitrogen and oxygen atoms in total. The first kappa shape index (κ1) is 21.5. The third-order valence-electron chi connectivity index (χ3n) is 9.36. The van der Waals surface area contributed by atoms with Crippen LogP contribution in [0.4, 0.5) is 0 Å². The van der Waals surface area contributed by atoms with E-state index in [1.54, 1.807) is 6.92 Å². The van der Waals surface area contributed by atoms with E-state index in [9.17, 15) is 19.5 Å². The molecule has 0 aromatic rings. The average Bonchev–Trinajstić information content (AvgIpc) is 2.98. The molecule has 0 saturated heterocycles. The number of carbonyl (C=O) groups is 3. The van der Waals surface area contributed by atoms with Crippen molar-refractivity contribution in [3.8, 4) is 0 Å². The smallest absolute Gasteiger partial charge is 0.185 e. The molecule has 162 valence electrons. The summed E-state index contributed by atoms with van der Waals surface area (Å²) in [4.78, 5) is 37.8. The van der Waals surface area contributed by atoms with Crippen LogP contribution >= 0.6 is 11.8 Å². The first-order chi connectivity index (χ1) is 13.7. The summed E-state index contributed by atoms with van der Waals surface area (Å²) < 4.78 is 0. The molecular formula is C24H36O4S. The summed E-state index contributed by atoms with van der Waals surface area (Å²) in [5.74, 6) is 2.63. The highest BCUT2D eigenvalue weighted by atomic mass is 32.2. The highest BCUT2D eigenvalue weighted by Crippen LogP contribution is 2.66. The van der Waals surface area contributed by atoms with Gasteiger partial charge in [0.2, 0.25) is 0 Å². The van der Waals surface area contributed by atoms with Crippen molar-refractivity contribution in [3.05, 3.63) is 0 Å². The molecule has 1 N–H and O–H groups in total. The Hall–Kier alpha value is -0.680. The molecule has 0 aromatic heterocycles. The Morgan fingerprint density at radius 1 is 1.10 bits per heavy atom.